The van der Waals surface area contributed by atoms with E-state index in [0.717, 1.165) is 16.7 Å². The second kappa shape index (κ2) is 10.7. The minimum atomic E-state index is -1.85. The number of hydrogen-bond donors (Lipinski definition) is 0. The van der Waals surface area contributed by atoms with Crippen LogP contribution in [-0.2, 0) is 0 Å². The van der Waals surface area contributed by atoms with Crippen LogP contribution >= 0.6 is 0 Å². The van der Waals surface area contributed by atoms with E-state index in [1.165, 1.54) is 54.2 Å². The molecule has 222 valence electrons. The van der Waals surface area contributed by atoms with Crippen LogP contribution in [0, 0.1) is 0 Å². The molecule has 8 aromatic rings. The first-order valence-electron chi connectivity index (χ1n) is 16.1. The third-order valence-electron chi connectivity index (χ3n) is 9.71. The lowest BCUT2D eigenvalue weighted by Gasteiger charge is -2.19. The fourth-order valence-corrected chi connectivity index (χ4v) is 10.3. The van der Waals surface area contributed by atoms with Crippen molar-refractivity contribution < 1.29 is 0 Å². The maximum absolute atomic E-state index is 5.11. The summed E-state index contributed by atoms with van der Waals surface area (Å²) in [4.78, 5) is 15.2. The van der Waals surface area contributed by atoms with Crippen molar-refractivity contribution in [1.29, 1.82) is 0 Å². The summed E-state index contributed by atoms with van der Waals surface area (Å²) in [6, 6.07) is 54.1. The van der Waals surface area contributed by atoms with Gasteiger partial charge >= 0.3 is 0 Å². The molecule has 1 aliphatic rings. The van der Waals surface area contributed by atoms with Crippen LogP contribution in [0.4, 0.5) is 0 Å². The minimum absolute atomic E-state index is 0.667. The Hall–Kier alpha value is -5.71. The van der Waals surface area contributed by atoms with Crippen LogP contribution in [0.25, 0.3) is 78.0 Å². The Kier molecular flexibility index (Phi) is 6.27. The van der Waals surface area contributed by atoms with Crippen molar-refractivity contribution >= 4 is 40.0 Å². The molecule has 0 radical (unpaired) electrons. The van der Waals surface area contributed by atoms with E-state index in [2.05, 4.69) is 147 Å². The smallest absolute Gasteiger partial charge is 0.164 e. The number of benzene rings is 7. The molecule has 4 heteroatoms. The van der Waals surface area contributed by atoms with Crippen LogP contribution in [0.2, 0.25) is 13.1 Å². The molecule has 3 nitrogen and oxygen atoms in total. The summed E-state index contributed by atoms with van der Waals surface area (Å²) in [7, 11) is -1.85. The highest BCUT2D eigenvalue weighted by atomic mass is 28.3. The quantitative estimate of drug-likeness (QED) is 0.185. The van der Waals surface area contributed by atoms with E-state index in [1.54, 1.807) is 0 Å². The Morgan fingerprint density at radius 3 is 1.64 bits per heavy atom. The molecule has 0 unspecified atom stereocenters. The molecule has 0 atom stereocenters. The molecule has 0 saturated carbocycles. The molecule has 0 amide bonds. The highest BCUT2D eigenvalue weighted by Crippen LogP contribution is 2.35. The Labute approximate surface area is 275 Å². The van der Waals surface area contributed by atoms with Gasteiger partial charge in [0.05, 0.1) is 0 Å². The average molecular weight is 618 g/mol. The van der Waals surface area contributed by atoms with Gasteiger partial charge in [0.15, 0.2) is 17.5 Å². The van der Waals surface area contributed by atoms with Crippen molar-refractivity contribution in [3.63, 3.8) is 0 Å². The van der Waals surface area contributed by atoms with Gasteiger partial charge in [0, 0.05) is 16.7 Å². The minimum Gasteiger partial charge on any atom is -0.208 e. The molecule has 0 N–H and O–H groups in total. The lowest BCUT2D eigenvalue weighted by Crippen LogP contribution is -2.49. The van der Waals surface area contributed by atoms with E-state index in [9.17, 15) is 0 Å². The van der Waals surface area contributed by atoms with Gasteiger partial charge in [0.1, 0.15) is 8.07 Å². The van der Waals surface area contributed by atoms with Crippen molar-refractivity contribution in [2.24, 2.45) is 0 Å². The second-order valence-electron chi connectivity index (χ2n) is 12.9. The standard InChI is InChI=1S/C43H31N3Si/c1-47(2)39-24-23-34(26-37(39)38-25-32-14-6-7-15-33(32)27-40(38)47)43-45-41(30-12-4-3-5-13-30)44-42(46-43)31-21-19-29(20-22-31)36-18-10-16-28-11-8-9-17-35(28)36/h3-27H,1-2H3. The van der Waals surface area contributed by atoms with E-state index >= 15 is 0 Å². The first kappa shape index (κ1) is 27.6. The summed E-state index contributed by atoms with van der Waals surface area (Å²) in [5.41, 5.74) is 7.97. The number of aromatic nitrogens is 3. The van der Waals surface area contributed by atoms with Gasteiger partial charge in [-0.25, -0.2) is 15.0 Å². The Morgan fingerprint density at radius 1 is 0.362 bits per heavy atom. The molecule has 1 aliphatic heterocycles. The first-order valence-corrected chi connectivity index (χ1v) is 19.1. The summed E-state index contributed by atoms with van der Waals surface area (Å²) >= 11 is 0. The average Bonchev–Trinajstić information content (AvgIpc) is 3.35. The highest BCUT2D eigenvalue weighted by Gasteiger charge is 2.37. The Balaban J connectivity index is 1.17. The largest absolute Gasteiger partial charge is 0.208 e. The zero-order chi connectivity index (χ0) is 31.5. The fraction of sp³-hybridized carbons (Fsp3) is 0.0465. The predicted molar refractivity (Wildman–Crippen MR) is 199 cm³/mol. The number of nitrogens with zero attached hydrogens (tertiary/aromatic N) is 3. The molecule has 0 aliphatic carbocycles. The second-order valence-corrected chi connectivity index (χ2v) is 17.2. The molecule has 0 fully saturated rings. The van der Waals surface area contributed by atoms with Crippen molar-refractivity contribution in [2.45, 2.75) is 13.1 Å². The Morgan fingerprint density at radius 2 is 0.894 bits per heavy atom. The summed E-state index contributed by atoms with van der Waals surface area (Å²) in [6.07, 6.45) is 0. The van der Waals surface area contributed by atoms with Gasteiger partial charge in [-0.3, -0.25) is 0 Å². The lowest BCUT2D eigenvalue weighted by molar-refractivity contribution is 1.07. The molecule has 7 aromatic carbocycles. The fourth-order valence-electron chi connectivity index (χ4n) is 7.20. The third-order valence-corrected chi connectivity index (χ3v) is 13.3. The van der Waals surface area contributed by atoms with Gasteiger partial charge < -0.3 is 0 Å². The van der Waals surface area contributed by atoms with E-state index in [-0.39, 0.29) is 0 Å². The van der Waals surface area contributed by atoms with Crippen LogP contribution < -0.4 is 10.4 Å². The molecule has 0 spiro atoms. The zero-order valence-corrected chi connectivity index (χ0v) is 27.3. The molecule has 0 bridgehead atoms. The number of fused-ring (bicyclic) bond motifs is 5. The normalized spacial score (nSPS) is 13.1. The maximum Gasteiger partial charge on any atom is 0.164 e. The molecule has 2 heterocycles. The maximum atomic E-state index is 5.11. The van der Waals surface area contributed by atoms with Gasteiger partial charge in [-0.1, -0.05) is 153 Å². The van der Waals surface area contributed by atoms with E-state index < -0.39 is 8.07 Å². The van der Waals surface area contributed by atoms with Gasteiger partial charge in [-0.15, -0.1) is 0 Å². The number of hydrogen-bond acceptors (Lipinski definition) is 3. The van der Waals surface area contributed by atoms with E-state index in [1.807, 2.05) is 18.2 Å². The van der Waals surface area contributed by atoms with Gasteiger partial charge in [-0.2, -0.15) is 0 Å². The van der Waals surface area contributed by atoms with Gasteiger partial charge in [0.25, 0.3) is 0 Å². The van der Waals surface area contributed by atoms with Crippen molar-refractivity contribution in [3.8, 4) is 56.4 Å². The van der Waals surface area contributed by atoms with Crippen LogP contribution in [0.3, 0.4) is 0 Å². The molecular formula is C43H31N3Si. The first-order chi connectivity index (χ1) is 23.0. The highest BCUT2D eigenvalue weighted by molar-refractivity contribution is 7.04. The zero-order valence-electron chi connectivity index (χ0n) is 26.3. The van der Waals surface area contributed by atoms with Crippen molar-refractivity contribution in [3.05, 3.63) is 152 Å². The topological polar surface area (TPSA) is 38.7 Å². The van der Waals surface area contributed by atoms with Crippen LogP contribution in [0.15, 0.2) is 152 Å². The van der Waals surface area contributed by atoms with Crippen molar-refractivity contribution in [2.75, 3.05) is 0 Å². The molecule has 0 saturated heterocycles. The monoisotopic (exact) mass is 617 g/mol. The third kappa shape index (κ3) is 4.60. The van der Waals surface area contributed by atoms with E-state index in [0.29, 0.717) is 17.5 Å². The number of rotatable bonds is 4. The Bertz CT molecular complexity index is 2480. The predicted octanol–water partition coefficient (Wildman–Crippen LogP) is 9.65. The van der Waals surface area contributed by atoms with Crippen LogP contribution in [0.5, 0.6) is 0 Å². The van der Waals surface area contributed by atoms with Gasteiger partial charge in [0.2, 0.25) is 0 Å². The molecule has 9 rings (SSSR count). The molecule has 1 aromatic heterocycles. The van der Waals surface area contributed by atoms with Gasteiger partial charge in [-0.05, 0) is 66.3 Å². The summed E-state index contributed by atoms with van der Waals surface area (Å²) in [5.74, 6) is 2.02. The van der Waals surface area contributed by atoms with Crippen molar-refractivity contribution in [1.82, 2.24) is 15.0 Å². The molecular weight excluding hydrogens is 587 g/mol. The SMILES string of the molecule is C[Si]1(C)c2ccc(-c3nc(-c4ccccc4)nc(-c4ccc(-c5cccc6ccccc56)cc4)n3)cc2-c2cc3ccccc3cc21. The van der Waals surface area contributed by atoms with Crippen LogP contribution in [0.1, 0.15) is 0 Å². The lowest BCUT2D eigenvalue weighted by atomic mass is 9.97. The summed E-state index contributed by atoms with van der Waals surface area (Å²) in [5, 5.41) is 8.02. The summed E-state index contributed by atoms with van der Waals surface area (Å²) < 4.78 is 0. The van der Waals surface area contributed by atoms with E-state index in [4.69, 9.17) is 15.0 Å². The summed E-state index contributed by atoms with van der Waals surface area (Å²) in [6.45, 7) is 4.92. The van der Waals surface area contributed by atoms with Crippen LogP contribution in [-0.4, -0.2) is 23.0 Å². The molecule has 47 heavy (non-hydrogen) atoms.